The first-order valence-corrected chi connectivity index (χ1v) is 9.43. The van der Waals surface area contributed by atoms with Crippen molar-refractivity contribution in [2.45, 2.75) is 13.1 Å². The Morgan fingerprint density at radius 2 is 1.79 bits per heavy atom. The van der Waals surface area contributed by atoms with Gasteiger partial charge in [0.25, 0.3) is 0 Å². The van der Waals surface area contributed by atoms with Crippen molar-refractivity contribution in [3.8, 4) is 0 Å². The second-order valence-corrected chi connectivity index (χ2v) is 7.24. The van der Waals surface area contributed by atoms with Crippen LogP contribution in [0.4, 0.5) is 24.5 Å². The van der Waals surface area contributed by atoms with E-state index in [1.807, 2.05) is 25.1 Å². The number of nitrogens with one attached hydrogen (secondary N) is 1. The molecule has 7 heteroatoms. The molecule has 0 aromatic heterocycles. The van der Waals surface area contributed by atoms with E-state index >= 15 is 0 Å². The van der Waals surface area contributed by atoms with Crippen molar-refractivity contribution >= 4 is 23.4 Å². The summed E-state index contributed by atoms with van der Waals surface area (Å²) in [4.78, 5) is 16.8. The lowest BCUT2D eigenvalue weighted by Crippen LogP contribution is -2.44. The molecule has 0 atom stereocenters. The molecular formula is C22H24F3N3O. The molecule has 1 heterocycles. The number of alkyl halides is 3. The molecule has 0 aliphatic carbocycles. The number of anilines is 2. The van der Waals surface area contributed by atoms with Crippen LogP contribution in [-0.2, 0) is 11.0 Å². The van der Waals surface area contributed by atoms with E-state index in [1.165, 1.54) is 24.3 Å². The quantitative estimate of drug-likeness (QED) is 0.768. The highest BCUT2D eigenvalue weighted by Gasteiger charge is 2.30. The van der Waals surface area contributed by atoms with Crippen LogP contribution < -0.4 is 10.2 Å². The molecule has 0 saturated carbocycles. The minimum atomic E-state index is -4.41. The first-order valence-electron chi connectivity index (χ1n) is 9.43. The summed E-state index contributed by atoms with van der Waals surface area (Å²) >= 11 is 0. The SMILES string of the molecule is Cc1cc(N2CCN(C)CC2)ccc1NC(=O)/C=C/c1cccc(C(F)(F)F)c1. The molecule has 1 saturated heterocycles. The topological polar surface area (TPSA) is 35.6 Å². The normalized spacial score (nSPS) is 15.7. The van der Waals surface area contributed by atoms with Crippen LogP contribution in [0.25, 0.3) is 6.08 Å². The van der Waals surface area contributed by atoms with E-state index in [4.69, 9.17) is 0 Å². The summed E-state index contributed by atoms with van der Waals surface area (Å²) in [6.07, 6.45) is -1.80. The second-order valence-electron chi connectivity index (χ2n) is 7.24. The molecule has 1 aliphatic rings. The van der Waals surface area contributed by atoms with Crippen molar-refractivity contribution in [2.24, 2.45) is 0 Å². The third kappa shape index (κ3) is 5.60. The van der Waals surface area contributed by atoms with Crippen LogP contribution in [0.5, 0.6) is 0 Å². The van der Waals surface area contributed by atoms with Gasteiger partial charge in [-0.2, -0.15) is 13.2 Å². The molecule has 2 aromatic rings. The molecule has 0 unspecified atom stereocenters. The van der Waals surface area contributed by atoms with E-state index in [0.717, 1.165) is 49.6 Å². The number of rotatable bonds is 4. The predicted octanol–water partition coefficient (Wildman–Crippen LogP) is 4.42. The lowest BCUT2D eigenvalue weighted by atomic mass is 10.1. The lowest BCUT2D eigenvalue weighted by molar-refractivity contribution is -0.137. The minimum absolute atomic E-state index is 0.317. The summed E-state index contributed by atoms with van der Waals surface area (Å²) in [5.41, 5.74) is 2.31. The highest BCUT2D eigenvalue weighted by Crippen LogP contribution is 2.29. The number of likely N-dealkylation sites (N-methyl/N-ethyl adjacent to an activating group) is 1. The molecule has 0 spiro atoms. The van der Waals surface area contributed by atoms with Gasteiger partial charge in [0.2, 0.25) is 5.91 Å². The molecule has 1 aliphatic heterocycles. The van der Waals surface area contributed by atoms with Crippen molar-refractivity contribution in [2.75, 3.05) is 43.4 Å². The number of carbonyl (C=O) groups is 1. The standard InChI is InChI=1S/C22H24F3N3O/c1-16-14-19(28-12-10-27(2)11-13-28)7-8-20(16)26-21(29)9-6-17-4-3-5-18(15-17)22(23,24)25/h3-9,14-15H,10-13H2,1-2H3,(H,26,29)/b9-6+. The van der Waals surface area contributed by atoms with E-state index in [2.05, 4.69) is 22.2 Å². The maximum atomic E-state index is 12.8. The van der Waals surface area contributed by atoms with Gasteiger partial charge in [-0.25, -0.2) is 0 Å². The largest absolute Gasteiger partial charge is 0.416 e. The number of nitrogens with zero attached hydrogens (tertiary/aromatic N) is 2. The molecule has 1 fully saturated rings. The maximum absolute atomic E-state index is 12.8. The van der Waals surface area contributed by atoms with Gasteiger partial charge in [0, 0.05) is 43.6 Å². The number of hydrogen-bond acceptors (Lipinski definition) is 3. The number of amides is 1. The number of hydrogen-bond donors (Lipinski definition) is 1. The molecule has 154 valence electrons. The lowest BCUT2D eigenvalue weighted by Gasteiger charge is -2.34. The molecule has 1 amide bonds. The van der Waals surface area contributed by atoms with Crippen molar-refractivity contribution in [1.82, 2.24) is 4.90 Å². The zero-order valence-electron chi connectivity index (χ0n) is 16.5. The van der Waals surface area contributed by atoms with Crippen LogP contribution in [-0.4, -0.2) is 44.0 Å². The summed E-state index contributed by atoms with van der Waals surface area (Å²) < 4.78 is 38.3. The predicted molar refractivity (Wildman–Crippen MR) is 110 cm³/mol. The van der Waals surface area contributed by atoms with Crippen LogP contribution in [0.15, 0.2) is 48.5 Å². The maximum Gasteiger partial charge on any atom is 0.416 e. The van der Waals surface area contributed by atoms with Gasteiger partial charge in [-0.3, -0.25) is 4.79 Å². The average molecular weight is 403 g/mol. The minimum Gasteiger partial charge on any atom is -0.369 e. The van der Waals surface area contributed by atoms with Gasteiger partial charge in [-0.05, 0) is 61.5 Å². The number of aryl methyl sites for hydroxylation is 1. The van der Waals surface area contributed by atoms with Crippen molar-refractivity contribution in [1.29, 1.82) is 0 Å². The van der Waals surface area contributed by atoms with Gasteiger partial charge in [0.15, 0.2) is 0 Å². The molecule has 4 nitrogen and oxygen atoms in total. The van der Waals surface area contributed by atoms with Gasteiger partial charge in [0.05, 0.1) is 5.56 Å². The Morgan fingerprint density at radius 3 is 2.45 bits per heavy atom. The molecule has 2 aromatic carbocycles. The van der Waals surface area contributed by atoms with Crippen molar-refractivity contribution in [3.63, 3.8) is 0 Å². The highest BCUT2D eigenvalue weighted by atomic mass is 19.4. The summed E-state index contributed by atoms with van der Waals surface area (Å²) in [5.74, 6) is -0.391. The fraction of sp³-hybridized carbons (Fsp3) is 0.318. The third-order valence-electron chi connectivity index (χ3n) is 4.98. The summed E-state index contributed by atoms with van der Waals surface area (Å²) in [7, 11) is 2.11. The van der Waals surface area contributed by atoms with Gasteiger partial charge in [-0.15, -0.1) is 0 Å². The first-order chi connectivity index (χ1) is 13.7. The van der Waals surface area contributed by atoms with Crippen LogP contribution >= 0.6 is 0 Å². The van der Waals surface area contributed by atoms with E-state index in [1.54, 1.807) is 0 Å². The van der Waals surface area contributed by atoms with E-state index in [-0.39, 0.29) is 0 Å². The van der Waals surface area contributed by atoms with Crippen molar-refractivity contribution < 1.29 is 18.0 Å². The van der Waals surface area contributed by atoms with Gasteiger partial charge >= 0.3 is 6.18 Å². The second kappa shape index (κ2) is 8.69. The number of carbonyl (C=O) groups excluding carboxylic acids is 1. The third-order valence-corrected chi connectivity index (χ3v) is 4.98. The van der Waals surface area contributed by atoms with Gasteiger partial charge in [0.1, 0.15) is 0 Å². The van der Waals surface area contributed by atoms with Crippen molar-refractivity contribution in [3.05, 3.63) is 65.2 Å². The first kappa shape index (κ1) is 20.9. The van der Waals surface area contributed by atoms with Gasteiger partial charge < -0.3 is 15.1 Å². The summed E-state index contributed by atoms with van der Waals surface area (Å²) in [6.45, 7) is 5.87. The fourth-order valence-electron chi connectivity index (χ4n) is 3.21. The van der Waals surface area contributed by atoms with E-state index < -0.39 is 17.6 Å². The van der Waals surface area contributed by atoms with Crippen LogP contribution in [0, 0.1) is 6.92 Å². The molecular weight excluding hydrogens is 379 g/mol. The van der Waals surface area contributed by atoms with E-state index in [9.17, 15) is 18.0 Å². The monoisotopic (exact) mass is 403 g/mol. The Bertz CT molecular complexity index is 900. The zero-order chi connectivity index (χ0) is 21.0. The molecule has 1 N–H and O–H groups in total. The summed E-state index contributed by atoms with van der Waals surface area (Å²) in [6, 6.07) is 10.7. The summed E-state index contributed by atoms with van der Waals surface area (Å²) in [5, 5.41) is 2.79. The number of piperazine rings is 1. The highest BCUT2D eigenvalue weighted by molar-refractivity contribution is 6.02. The van der Waals surface area contributed by atoms with Crippen LogP contribution in [0.1, 0.15) is 16.7 Å². The van der Waals surface area contributed by atoms with Crippen LogP contribution in [0.2, 0.25) is 0 Å². The fourth-order valence-corrected chi connectivity index (χ4v) is 3.21. The smallest absolute Gasteiger partial charge is 0.369 e. The Kier molecular flexibility index (Phi) is 6.27. The zero-order valence-corrected chi connectivity index (χ0v) is 16.5. The number of halogens is 3. The molecule has 29 heavy (non-hydrogen) atoms. The average Bonchev–Trinajstić information content (AvgIpc) is 2.68. The Morgan fingerprint density at radius 1 is 1.07 bits per heavy atom. The Hall–Kier alpha value is -2.80. The molecule has 0 bridgehead atoms. The van der Waals surface area contributed by atoms with E-state index in [0.29, 0.717) is 11.3 Å². The van der Waals surface area contributed by atoms with Gasteiger partial charge in [-0.1, -0.05) is 12.1 Å². The Labute approximate surface area is 168 Å². The van der Waals surface area contributed by atoms with Crippen LogP contribution in [0.3, 0.4) is 0 Å². The molecule has 3 rings (SSSR count). The number of benzene rings is 2. The Balaban J connectivity index is 1.64. The molecule has 0 radical (unpaired) electrons.